The van der Waals surface area contributed by atoms with E-state index in [1.807, 2.05) is 20.0 Å². The first-order valence-corrected chi connectivity index (χ1v) is 4.88. The Morgan fingerprint density at radius 2 is 2.29 bits per heavy atom. The molecule has 14 heavy (non-hydrogen) atoms. The number of pyridine rings is 1. The van der Waals surface area contributed by atoms with Crippen molar-refractivity contribution in [2.45, 2.75) is 20.4 Å². The van der Waals surface area contributed by atoms with Gasteiger partial charge >= 0.3 is 0 Å². The van der Waals surface area contributed by atoms with E-state index < -0.39 is 0 Å². The summed E-state index contributed by atoms with van der Waals surface area (Å²) in [5.41, 5.74) is 6.53. The lowest BCUT2D eigenvalue weighted by Crippen LogP contribution is -2.28. The summed E-state index contributed by atoms with van der Waals surface area (Å²) >= 11 is 4.86. The Morgan fingerprint density at radius 1 is 1.64 bits per heavy atom. The van der Waals surface area contributed by atoms with Gasteiger partial charge in [0, 0.05) is 24.7 Å². The molecule has 0 saturated carbocycles. The van der Waals surface area contributed by atoms with Crippen molar-refractivity contribution >= 4 is 17.2 Å². The van der Waals surface area contributed by atoms with Gasteiger partial charge in [0.15, 0.2) is 0 Å². The molecule has 1 aromatic heterocycles. The molecule has 1 rings (SSSR count). The first kappa shape index (κ1) is 10.9. The van der Waals surface area contributed by atoms with Crippen LogP contribution in [0.15, 0.2) is 23.1 Å². The zero-order valence-electron chi connectivity index (χ0n) is 8.36. The Kier molecular flexibility index (Phi) is 3.41. The summed E-state index contributed by atoms with van der Waals surface area (Å²) < 4.78 is 1.64. The summed E-state index contributed by atoms with van der Waals surface area (Å²) in [6.45, 7) is 4.41. The molecule has 1 heterocycles. The van der Waals surface area contributed by atoms with E-state index in [-0.39, 0.29) is 11.5 Å². The number of hydrogen-bond acceptors (Lipinski definition) is 2. The molecule has 3 nitrogen and oxygen atoms in total. The van der Waals surface area contributed by atoms with Gasteiger partial charge in [-0.05, 0) is 12.5 Å². The molecule has 1 atom stereocenters. The van der Waals surface area contributed by atoms with E-state index in [4.69, 9.17) is 18.0 Å². The molecule has 0 bridgehead atoms. The maximum Gasteiger partial charge on any atom is 0.250 e. The Hall–Kier alpha value is -1.16. The van der Waals surface area contributed by atoms with Crippen LogP contribution in [0.4, 0.5) is 0 Å². The molecule has 0 aliphatic heterocycles. The maximum atomic E-state index is 11.4. The topological polar surface area (TPSA) is 48.0 Å². The van der Waals surface area contributed by atoms with Crippen molar-refractivity contribution in [2.75, 3.05) is 0 Å². The van der Waals surface area contributed by atoms with E-state index in [9.17, 15) is 4.79 Å². The van der Waals surface area contributed by atoms with Crippen LogP contribution in [0, 0.1) is 12.8 Å². The molecule has 0 saturated heterocycles. The van der Waals surface area contributed by atoms with Crippen LogP contribution in [0.25, 0.3) is 0 Å². The Balaban J connectivity index is 2.91. The molecule has 1 aromatic rings. The van der Waals surface area contributed by atoms with Crippen molar-refractivity contribution in [3.63, 3.8) is 0 Å². The summed E-state index contributed by atoms with van der Waals surface area (Å²) in [6.07, 6.45) is 1.82. The van der Waals surface area contributed by atoms with Crippen LogP contribution in [0.2, 0.25) is 0 Å². The van der Waals surface area contributed by atoms with Gasteiger partial charge in [0.1, 0.15) is 0 Å². The van der Waals surface area contributed by atoms with Gasteiger partial charge in [0.05, 0.1) is 4.99 Å². The Labute approximate surface area is 88.5 Å². The first-order chi connectivity index (χ1) is 6.50. The summed E-state index contributed by atoms with van der Waals surface area (Å²) in [4.78, 5) is 11.9. The van der Waals surface area contributed by atoms with Gasteiger partial charge < -0.3 is 10.3 Å². The van der Waals surface area contributed by atoms with Crippen LogP contribution in [-0.2, 0) is 6.54 Å². The molecule has 0 radical (unpaired) electrons. The van der Waals surface area contributed by atoms with Crippen molar-refractivity contribution in [3.8, 4) is 0 Å². The lowest BCUT2D eigenvalue weighted by atomic mass is 10.2. The quantitative estimate of drug-likeness (QED) is 0.759. The zero-order valence-corrected chi connectivity index (χ0v) is 9.17. The fraction of sp³-hybridized carbons (Fsp3) is 0.400. The van der Waals surface area contributed by atoms with Gasteiger partial charge in [-0.25, -0.2) is 0 Å². The largest absolute Gasteiger partial charge is 0.393 e. The van der Waals surface area contributed by atoms with Gasteiger partial charge in [-0.1, -0.05) is 25.2 Å². The monoisotopic (exact) mass is 210 g/mol. The Bertz CT molecular complexity index is 397. The Morgan fingerprint density at radius 3 is 2.86 bits per heavy atom. The fourth-order valence-electron chi connectivity index (χ4n) is 1.18. The fourth-order valence-corrected chi connectivity index (χ4v) is 1.25. The minimum absolute atomic E-state index is 0.0151. The lowest BCUT2D eigenvalue weighted by Gasteiger charge is -2.11. The second kappa shape index (κ2) is 4.37. The molecule has 0 amide bonds. The first-order valence-electron chi connectivity index (χ1n) is 4.47. The third-order valence-corrected chi connectivity index (χ3v) is 2.49. The molecule has 0 spiro atoms. The molecule has 0 aromatic carbocycles. The summed E-state index contributed by atoms with van der Waals surface area (Å²) in [5.74, 6) is 0.0458. The summed E-state index contributed by atoms with van der Waals surface area (Å²) in [5, 5.41) is 0. The zero-order chi connectivity index (χ0) is 10.7. The smallest absolute Gasteiger partial charge is 0.250 e. The predicted molar refractivity (Wildman–Crippen MR) is 61.4 cm³/mol. The summed E-state index contributed by atoms with van der Waals surface area (Å²) in [6, 6.07) is 3.35. The molecule has 0 aliphatic rings. The van der Waals surface area contributed by atoms with Crippen LogP contribution in [0.3, 0.4) is 0 Å². The second-order valence-corrected chi connectivity index (χ2v) is 3.97. The van der Waals surface area contributed by atoms with Gasteiger partial charge in [-0.15, -0.1) is 0 Å². The van der Waals surface area contributed by atoms with Gasteiger partial charge in [0.25, 0.3) is 5.56 Å². The minimum atomic E-state index is -0.0151. The van der Waals surface area contributed by atoms with Crippen LogP contribution in [0.1, 0.15) is 12.5 Å². The van der Waals surface area contributed by atoms with Gasteiger partial charge in [-0.3, -0.25) is 4.79 Å². The van der Waals surface area contributed by atoms with Crippen molar-refractivity contribution in [3.05, 3.63) is 34.2 Å². The summed E-state index contributed by atoms with van der Waals surface area (Å²) in [7, 11) is 0. The number of rotatable bonds is 3. The number of aryl methyl sites for hydroxylation is 1. The highest BCUT2D eigenvalue weighted by atomic mass is 32.1. The van der Waals surface area contributed by atoms with Crippen molar-refractivity contribution in [1.82, 2.24) is 4.57 Å². The average Bonchev–Trinajstić information content (AvgIpc) is 2.11. The molecule has 0 fully saturated rings. The highest BCUT2D eigenvalue weighted by Crippen LogP contribution is 2.00. The van der Waals surface area contributed by atoms with E-state index in [0.717, 1.165) is 5.56 Å². The van der Waals surface area contributed by atoms with E-state index in [1.54, 1.807) is 16.7 Å². The number of nitrogens with two attached hydrogens (primary N) is 1. The number of nitrogens with zero attached hydrogens (tertiary/aromatic N) is 1. The number of aromatic nitrogens is 1. The van der Waals surface area contributed by atoms with Crippen LogP contribution in [0.5, 0.6) is 0 Å². The van der Waals surface area contributed by atoms with Crippen molar-refractivity contribution in [2.24, 2.45) is 11.7 Å². The normalized spacial score (nSPS) is 12.4. The molecule has 1 unspecified atom stereocenters. The number of hydrogen-bond donors (Lipinski definition) is 1. The molecular formula is C10H14N2OS. The standard InChI is InChI=1S/C10H14N2OS/c1-7-3-4-9(13)12(5-7)6-8(2)10(11)14/h3-5,8H,6H2,1-2H3,(H2,11,14). The molecule has 76 valence electrons. The third kappa shape index (κ3) is 2.67. The molecular weight excluding hydrogens is 196 g/mol. The van der Waals surface area contributed by atoms with Gasteiger partial charge in [-0.2, -0.15) is 0 Å². The predicted octanol–water partition coefficient (Wildman–Crippen LogP) is 1.08. The lowest BCUT2D eigenvalue weighted by molar-refractivity contribution is 0.580. The van der Waals surface area contributed by atoms with Crippen LogP contribution < -0.4 is 11.3 Å². The average molecular weight is 210 g/mol. The molecule has 2 N–H and O–H groups in total. The molecule has 4 heteroatoms. The minimum Gasteiger partial charge on any atom is -0.393 e. The van der Waals surface area contributed by atoms with E-state index in [0.29, 0.717) is 11.5 Å². The molecule has 0 aliphatic carbocycles. The second-order valence-electron chi connectivity index (χ2n) is 3.50. The van der Waals surface area contributed by atoms with E-state index in [2.05, 4.69) is 0 Å². The van der Waals surface area contributed by atoms with Gasteiger partial charge in [0.2, 0.25) is 0 Å². The number of thiocarbonyl (C=S) groups is 1. The third-order valence-electron chi connectivity index (χ3n) is 2.09. The van der Waals surface area contributed by atoms with Crippen molar-refractivity contribution in [1.29, 1.82) is 0 Å². The highest BCUT2D eigenvalue weighted by molar-refractivity contribution is 7.80. The highest BCUT2D eigenvalue weighted by Gasteiger charge is 2.06. The SMILES string of the molecule is Cc1ccc(=O)n(CC(C)C(N)=S)c1. The van der Waals surface area contributed by atoms with Crippen molar-refractivity contribution < 1.29 is 0 Å². The van der Waals surface area contributed by atoms with E-state index in [1.165, 1.54) is 0 Å². The maximum absolute atomic E-state index is 11.4. The van der Waals surface area contributed by atoms with E-state index >= 15 is 0 Å². The van der Waals surface area contributed by atoms with Crippen LogP contribution in [-0.4, -0.2) is 9.56 Å². The van der Waals surface area contributed by atoms with Crippen LogP contribution >= 0.6 is 12.2 Å².